The first kappa shape index (κ1) is 20.5. The minimum Gasteiger partial charge on any atom is -0.507 e. The van der Waals surface area contributed by atoms with Crippen LogP contribution in [0.2, 0.25) is 0 Å². The number of esters is 1. The minimum atomic E-state index is -0.481. The van der Waals surface area contributed by atoms with Gasteiger partial charge >= 0.3 is 5.97 Å². The standard InChI is InChI=1S/C25H25N3O4/c1-15-19(25(30)31-2)20-21(23(29)17-5-3-4-6-18(17)24(20)32-15)22(16-7-9-26-10-8-16)28-13-11-27-12-14-28/h3-10,22,27,29H,11-14H2,1-2H3. The predicted octanol–water partition coefficient (Wildman–Crippen LogP) is 3.78. The average molecular weight is 431 g/mol. The molecule has 1 aliphatic heterocycles. The molecule has 2 aromatic heterocycles. The maximum atomic E-state index is 12.8. The zero-order valence-electron chi connectivity index (χ0n) is 18.1. The summed E-state index contributed by atoms with van der Waals surface area (Å²) < 4.78 is 11.3. The van der Waals surface area contributed by atoms with Crippen molar-refractivity contribution in [3.05, 3.63) is 71.2 Å². The zero-order valence-corrected chi connectivity index (χ0v) is 18.1. The Hall–Kier alpha value is -3.42. The van der Waals surface area contributed by atoms with E-state index in [2.05, 4.69) is 15.2 Å². The Bertz CT molecular complexity index is 1290. The van der Waals surface area contributed by atoms with E-state index in [1.54, 1.807) is 19.3 Å². The molecule has 0 saturated carbocycles. The number of nitrogens with one attached hydrogen (secondary N) is 1. The topological polar surface area (TPSA) is 87.8 Å². The van der Waals surface area contributed by atoms with Gasteiger partial charge < -0.3 is 19.6 Å². The van der Waals surface area contributed by atoms with Crippen LogP contribution in [0.5, 0.6) is 5.75 Å². The lowest BCUT2D eigenvalue weighted by Gasteiger charge is -2.36. The molecular weight excluding hydrogens is 406 g/mol. The van der Waals surface area contributed by atoms with Gasteiger partial charge in [0.05, 0.1) is 13.2 Å². The van der Waals surface area contributed by atoms with E-state index in [1.165, 1.54) is 7.11 Å². The molecule has 1 aliphatic rings. The molecule has 2 N–H and O–H groups in total. The molecule has 7 heteroatoms. The van der Waals surface area contributed by atoms with Crippen LogP contribution in [0.4, 0.5) is 0 Å². The van der Waals surface area contributed by atoms with Crippen LogP contribution < -0.4 is 5.32 Å². The highest BCUT2D eigenvalue weighted by Gasteiger charge is 2.34. The summed E-state index contributed by atoms with van der Waals surface area (Å²) >= 11 is 0. The number of ether oxygens (including phenoxy) is 1. The summed E-state index contributed by atoms with van der Waals surface area (Å²) in [5.41, 5.74) is 2.58. The third kappa shape index (κ3) is 3.21. The van der Waals surface area contributed by atoms with Crippen LogP contribution in [0.3, 0.4) is 0 Å². The van der Waals surface area contributed by atoms with Gasteiger partial charge in [-0.3, -0.25) is 9.88 Å². The highest BCUT2D eigenvalue weighted by molar-refractivity contribution is 6.16. The van der Waals surface area contributed by atoms with E-state index < -0.39 is 5.97 Å². The molecule has 4 aromatic rings. The summed E-state index contributed by atoms with van der Waals surface area (Å²) in [6.45, 7) is 5.03. The van der Waals surface area contributed by atoms with Gasteiger partial charge in [-0.25, -0.2) is 4.79 Å². The van der Waals surface area contributed by atoms with Gasteiger partial charge in [0.25, 0.3) is 0 Å². The summed E-state index contributed by atoms with van der Waals surface area (Å²) in [6.07, 6.45) is 3.50. The van der Waals surface area contributed by atoms with Crippen molar-refractivity contribution >= 4 is 27.7 Å². The monoisotopic (exact) mass is 431 g/mol. The zero-order chi connectivity index (χ0) is 22.2. The van der Waals surface area contributed by atoms with E-state index in [0.717, 1.165) is 37.1 Å². The second-order valence-corrected chi connectivity index (χ2v) is 8.01. The second kappa shape index (κ2) is 8.26. The fourth-order valence-corrected chi connectivity index (χ4v) is 4.80. The van der Waals surface area contributed by atoms with Crippen LogP contribution >= 0.6 is 0 Å². The number of carbonyl (C=O) groups is 1. The van der Waals surface area contributed by atoms with Crippen LogP contribution in [0.15, 0.2) is 53.2 Å². The average Bonchev–Trinajstić information content (AvgIpc) is 3.19. The molecule has 164 valence electrons. The second-order valence-electron chi connectivity index (χ2n) is 8.01. The molecule has 0 spiro atoms. The Labute approximate surface area is 185 Å². The van der Waals surface area contributed by atoms with Gasteiger partial charge in [-0.05, 0) is 24.6 Å². The molecule has 1 fully saturated rings. The molecule has 0 amide bonds. The third-order valence-electron chi connectivity index (χ3n) is 6.24. The number of aryl methyl sites for hydroxylation is 1. The molecular formula is C25H25N3O4. The van der Waals surface area contributed by atoms with E-state index in [1.807, 2.05) is 36.4 Å². The van der Waals surface area contributed by atoms with Gasteiger partial charge in [-0.1, -0.05) is 24.3 Å². The first-order valence-corrected chi connectivity index (χ1v) is 10.7. The number of methoxy groups -OCH3 is 1. The number of fused-ring (bicyclic) bond motifs is 3. The molecule has 0 bridgehead atoms. The van der Waals surface area contributed by atoms with Crippen molar-refractivity contribution < 1.29 is 19.1 Å². The van der Waals surface area contributed by atoms with Gasteiger partial charge in [-0.15, -0.1) is 0 Å². The smallest absolute Gasteiger partial charge is 0.342 e. The number of rotatable bonds is 4. The molecule has 32 heavy (non-hydrogen) atoms. The Morgan fingerprint density at radius 2 is 1.84 bits per heavy atom. The molecule has 1 saturated heterocycles. The van der Waals surface area contributed by atoms with E-state index in [9.17, 15) is 9.90 Å². The number of phenols is 1. The van der Waals surface area contributed by atoms with Gasteiger partial charge in [0, 0.05) is 60.3 Å². The molecule has 1 atom stereocenters. The van der Waals surface area contributed by atoms with Crippen LogP contribution in [0, 0.1) is 6.92 Å². The number of hydrogen-bond donors (Lipinski definition) is 2. The fraction of sp³-hybridized carbons (Fsp3) is 0.280. The number of carbonyl (C=O) groups excluding carboxylic acids is 1. The summed E-state index contributed by atoms with van der Waals surface area (Å²) in [5.74, 6) is 0.142. The number of aromatic nitrogens is 1. The third-order valence-corrected chi connectivity index (χ3v) is 6.24. The highest BCUT2D eigenvalue weighted by Crippen LogP contribution is 2.47. The summed E-state index contributed by atoms with van der Waals surface area (Å²) in [4.78, 5) is 19.3. The van der Waals surface area contributed by atoms with Crippen LogP contribution in [-0.4, -0.2) is 54.2 Å². The SMILES string of the molecule is COC(=O)c1c(C)oc2c1c(C(c1ccncc1)N1CCNCC1)c(O)c1ccccc12. The first-order valence-electron chi connectivity index (χ1n) is 10.7. The van der Waals surface area contributed by atoms with E-state index in [4.69, 9.17) is 9.15 Å². The number of piperazine rings is 1. The number of nitrogens with zero attached hydrogens (tertiary/aromatic N) is 2. The maximum Gasteiger partial charge on any atom is 0.342 e. The van der Waals surface area contributed by atoms with Crippen LogP contribution in [0.1, 0.15) is 33.3 Å². The van der Waals surface area contributed by atoms with Gasteiger partial charge in [0.1, 0.15) is 22.7 Å². The molecule has 5 rings (SSSR count). The van der Waals surface area contributed by atoms with Crippen LogP contribution in [0.25, 0.3) is 21.7 Å². The lowest BCUT2D eigenvalue weighted by molar-refractivity contribution is 0.0600. The lowest BCUT2D eigenvalue weighted by Crippen LogP contribution is -2.45. The predicted molar refractivity (Wildman–Crippen MR) is 122 cm³/mol. The number of pyridine rings is 1. The Balaban J connectivity index is 1.91. The van der Waals surface area contributed by atoms with Crippen molar-refractivity contribution in [2.45, 2.75) is 13.0 Å². The van der Waals surface area contributed by atoms with Crippen molar-refractivity contribution in [3.8, 4) is 5.75 Å². The summed E-state index contributed by atoms with van der Waals surface area (Å²) in [7, 11) is 1.36. The normalized spacial score (nSPS) is 15.8. The minimum absolute atomic E-state index is 0.152. The Morgan fingerprint density at radius 3 is 2.53 bits per heavy atom. The van der Waals surface area contributed by atoms with Gasteiger partial charge in [-0.2, -0.15) is 0 Å². The summed E-state index contributed by atoms with van der Waals surface area (Å²) in [5, 5.41) is 17.1. The lowest BCUT2D eigenvalue weighted by atomic mass is 9.89. The first-order chi connectivity index (χ1) is 15.6. The van der Waals surface area contributed by atoms with E-state index in [-0.39, 0.29) is 11.8 Å². The van der Waals surface area contributed by atoms with E-state index in [0.29, 0.717) is 33.2 Å². The molecule has 7 nitrogen and oxygen atoms in total. The molecule has 1 unspecified atom stereocenters. The van der Waals surface area contributed by atoms with Crippen molar-refractivity contribution in [3.63, 3.8) is 0 Å². The van der Waals surface area contributed by atoms with Crippen molar-refractivity contribution in [2.24, 2.45) is 0 Å². The maximum absolute atomic E-state index is 12.8. The van der Waals surface area contributed by atoms with Crippen LogP contribution in [-0.2, 0) is 4.74 Å². The highest BCUT2D eigenvalue weighted by atomic mass is 16.5. The Morgan fingerprint density at radius 1 is 1.16 bits per heavy atom. The molecule has 3 heterocycles. The number of aromatic hydroxyl groups is 1. The van der Waals surface area contributed by atoms with Gasteiger partial charge in [0.15, 0.2) is 0 Å². The number of benzene rings is 2. The molecule has 2 aromatic carbocycles. The van der Waals surface area contributed by atoms with Crippen molar-refractivity contribution in [1.82, 2.24) is 15.2 Å². The quantitative estimate of drug-likeness (QED) is 0.476. The molecule has 0 aliphatic carbocycles. The number of furan rings is 1. The fourth-order valence-electron chi connectivity index (χ4n) is 4.80. The largest absolute Gasteiger partial charge is 0.507 e. The summed E-state index contributed by atoms with van der Waals surface area (Å²) in [6, 6.07) is 11.2. The van der Waals surface area contributed by atoms with Crippen molar-refractivity contribution in [2.75, 3.05) is 33.3 Å². The number of phenolic OH excluding ortho intramolecular Hbond substituents is 1. The molecule has 0 radical (unpaired) electrons. The van der Waals surface area contributed by atoms with Gasteiger partial charge in [0.2, 0.25) is 0 Å². The Kier molecular flexibility index (Phi) is 5.28. The number of hydrogen-bond acceptors (Lipinski definition) is 7. The van der Waals surface area contributed by atoms with E-state index >= 15 is 0 Å². The van der Waals surface area contributed by atoms with Crippen molar-refractivity contribution in [1.29, 1.82) is 0 Å².